The minimum absolute atomic E-state index is 0.0535. The molecule has 29 heavy (non-hydrogen) atoms. The molecule has 2 amide bonds. The number of aliphatic hydroxyl groups is 1. The molecular weight excluding hydrogens is 391 g/mol. The third-order valence-electron chi connectivity index (χ3n) is 4.28. The van der Waals surface area contributed by atoms with Gasteiger partial charge in [0.25, 0.3) is 11.8 Å². The molecule has 0 radical (unpaired) electrons. The van der Waals surface area contributed by atoms with Crippen molar-refractivity contribution in [2.75, 3.05) is 13.2 Å². The van der Waals surface area contributed by atoms with Crippen LogP contribution in [0.15, 0.2) is 24.4 Å². The zero-order chi connectivity index (χ0) is 21.0. The first-order valence-corrected chi connectivity index (χ1v) is 9.09. The van der Waals surface area contributed by atoms with E-state index in [2.05, 4.69) is 15.6 Å². The van der Waals surface area contributed by atoms with Crippen molar-refractivity contribution in [3.05, 3.63) is 41.2 Å². The van der Waals surface area contributed by atoms with Gasteiger partial charge in [0.1, 0.15) is 6.54 Å². The van der Waals surface area contributed by atoms with Crippen LogP contribution >= 0.6 is 0 Å². The molecule has 11 heteroatoms. The van der Waals surface area contributed by atoms with Gasteiger partial charge in [0.2, 0.25) is 0 Å². The first-order valence-electron chi connectivity index (χ1n) is 9.09. The van der Waals surface area contributed by atoms with Crippen LogP contribution in [0.4, 0.5) is 13.2 Å². The van der Waals surface area contributed by atoms with Crippen molar-refractivity contribution in [3.63, 3.8) is 0 Å². The minimum atomic E-state index is -4.51. The van der Waals surface area contributed by atoms with Gasteiger partial charge in [0.05, 0.1) is 11.9 Å². The van der Waals surface area contributed by atoms with E-state index in [4.69, 9.17) is 5.11 Å². The lowest BCUT2D eigenvalue weighted by molar-refractivity contribution is -0.123. The van der Waals surface area contributed by atoms with E-state index < -0.39 is 18.6 Å². The van der Waals surface area contributed by atoms with Crippen LogP contribution in [0.2, 0.25) is 0 Å². The van der Waals surface area contributed by atoms with Crippen molar-refractivity contribution < 1.29 is 27.9 Å². The number of carbonyl (C=O) groups excluding carboxylic acids is 2. The molecule has 1 aromatic heterocycles. The zero-order valence-electron chi connectivity index (χ0n) is 15.4. The first kappa shape index (κ1) is 20.8. The number of hydrogen-bond acceptors (Lipinski definition) is 5. The van der Waals surface area contributed by atoms with E-state index in [1.807, 2.05) is 5.32 Å². The average molecular weight is 411 g/mol. The Labute approximate surface area is 164 Å². The summed E-state index contributed by atoms with van der Waals surface area (Å²) in [6.45, 7) is -1.53. The highest BCUT2D eigenvalue weighted by molar-refractivity contribution is 5.95. The molecule has 0 spiro atoms. The molecule has 0 saturated heterocycles. The summed E-state index contributed by atoms with van der Waals surface area (Å²) in [5.41, 5.74) is 1.29. The van der Waals surface area contributed by atoms with E-state index >= 15 is 0 Å². The number of rotatable bonds is 8. The van der Waals surface area contributed by atoms with Crippen LogP contribution in [-0.4, -0.2) is 57.3 Å². The fourth-order valence-electron chi connectivity index (χ4n) is 2.68. The highest BCUT2D eigenvalue weighted by Gasteiger charge is 2.28. The number of carbonyl (C=O) groups is 2. The predicted octanol–water partition coefficient (Wildman–Crippen LogP) is 1.38. The van der Waals surface area contributed by atoms with E-state index in [0.717, 1.165) is 12.8 Å². The fraction of sp³-hybridized carbons (Fsp3) is 0.444. The maximum absolute atomic E-state index is 12.3. The van der Waals surface area contributed by atoms with Gasteiger partial charge in [0, 0.05) is 18.2 Å². The molecule has 156 valence electrons. The molecule has 3 N–H and O–H groups in total. The van der Waals surface area contributed by atoms with Gasteiger partial charge >= 0.3 is 6.18 Å². The van der Waals surface area contributed by atoms with Gasteiger partial charge in [-0.25, -0.2) is 4.68 Å². The van der Waals surface area contributed by atoms with Crippen LogP contribution in [-0.2, 0) is 6.42 Å². The number of aromatic nitrogens is 3. The second-order valence-corrected chi connectivity index (χ2v) is 6.76. The molecule has 1 fully saturated rings. The largest absolute Gasteiger partial charge is 0.405 e. The maximum Gasteiger partial charge on any atom is 0.405 e. The van der Waals surface area contributed by atoms with Gasteiger partial charge in [-0.15, -0.1) is 5.10 Å². The van der Waals surface area contributed by atoms with Crippen molar-refractivity contribution in [2.45, 2.75) is 37.9 Å². The molecular formula is C18H20F3N5O3. The summed E-state index contributed by atoms with van der Waals surface area (Å²) in [6.07, 6.45) is -0.460. The van der Waals surface area contributed by atoms with Crippen LogP contribution in [0.5, 0.6) is 0 Å². The molecule has 8 nitrogen and oxygen atoms in total. The third kappa shape index (κ3) is 5.76. The van der Waals surface area contributed by atoms with E-state index in [1.54, 1.807) is 0 Å². The normalized spacial score (nSPS) is 13.9. The summed E-state index contributed by atoms with van der Waals surface area (Å²) < 4.78 is 38.3. The predicted molar refractivity (Wildman–Crippen MR) is 95.6 cm³/mol. The molecule has 1 heterocycles. The third-order valence-corrected chi connectivity index (χ3v) is 4.28. The van der Waals surface area contributed by atoms with Crippen LogP contribution in [0.25, 0.3) is 5.69 Å². The lowest BCUT2D eigenvalue weighted by Crippen LogP contribution is -2.33. The number of aryl methyl sites for hydroxylation is 1. The van der Waals surface area contributed by atoms with Crippen LogP contribution in [0, 0.1) is 0 Å². The van der Waals surface area contributed by atoms with Gasteiger partial charge in [-0.2, -0.15) is 13.2 Å². The molecule has 0 atom stereocenters. The minimum Gasteiger partial charge on any atom is -0.396 e. The Kier molecular flexibility index (Phi) is 6.16. The van der Waals surface area contributed by atoms with Crippen LogP contribution < -0.4 is 10.6 Å². The van der Waals surface area contributed by atoms with E-state index in [-0.39, 0.29) is 29.8 Å². The quantitative estimate of drug-likeness (QED) is 0.608. The molecule has 1 aliphatic rings. The van der Waals surface area contributed by atoms with E-state index in [1.165, 1.54) is 29.1 Å². The summed E-state index contributed by atoms with van der Waals surface area (Å²) >= 11 is 0. The van der Waals surface area contributed by atoms with Gasteiger partial charge in [-0.1, -0.05) is 5.21 Å². The molecule has 1 aliphatic carbocycles. The number of nitrogens with zero attached hydrogens (tertiary/aromatic N) is 3. The summed E-state index contributed by atoms with van der Waals surface area (Å²) in [6, 6.07) is 4.51. The summed E-state index contributed by atoms with van der Waals surface area (Å²) in [4.78, 5) is 24.1. The van der Waals surface area contributed by atoms with E-state index in [9.17, 15) is 22.8 Å². The second kappa shape index (κ2) is 8.60. The molecule has 0 unspecified atom stereocenters. The smallest absolute Gasteiger partial charge is 0.396 e. The number of benzene rings is 1. The second-order valence-electron chi connectivity index (χ2n) is 6.76. The Morgan fingerprint density at radius 3 is 2.66 bits per heavy atom. The topological polar surface area (TPSA) is 109 Å². The monoisotopic (exact) mass is 411 g/mol. The molecule has 3 rings (SSSR count). The highest BCUT2D eigenvalue weighted by atomic mass is 19.4. The Morgan fingerprint density at radius 1 is 1.24 bits per heavy atom. The lowest BCUT2D eigenvalue weighted by Gasteiger charge is -2.12. The van der Waals surface area contributed by atoms with Gasteiger partial charge in [0.15, 0.2) is 5.69 Å². The number of aliphatic hydroxyl groups excluding tert-OH is 1. The molecule has 1 aromatic carbocycles. The molecule has 1 saturated carbocycles. The van der Waals surface area contributed by atoms with Crippen molar-refractivity contribution in [1.29, 1.82) is 0 Å². The number of amides is 2. The molecule has 0 bridgehead atoms. The molecule has 0 aliphatic heterocycles. The Bertz CT molecular complexity index is 893. The van der Waals surface area contributed by atoms with Crippen molar-refractivity contribution in [1.82, 2.24) is 25.6 Å². The summed E-state index contributed by atoms with van der Waals surface area (Å²) in [5, 5.41) is 21.5. The zero-order valence-corrected chi connectivity index (χ0v) is 15.4. The first-order chi connectivity index (χ1) is 13.8. The fourth-order valence-corrected chi connectivity index (χ4v) is 2.68. The van der Waals surface area contributed by atoms with Crippen LogP contribution in [0.1, 0.15) is 45.7 Å². The Hall–Kier alpha value is -2.95. The van der Waals surface area contributed by atoms with Crippen molar-refractivity contribution >= 4 is 11.8 Å². The summed E-state index contributed by atoms with van der Waals surface area (Å²) in [5.74, 6) is -1.19. The summed E-state index contributed by atoms with van der Waals surface area (Å²) in [7, 11) is 0. The average Bonchev–Trinajstić information content (AvgIpc) is 3.35. The SMILES string of the molecule is O=C(NCC(F)(F)F)c1ccc(-n2cc(C(=O)NC3CC3)nn2)c(CCCO)c1. The lowest BCUT2D eigenvalue weighted by atomic mass is 10.0. The standard InChI is InChI=1S/C18H20F3N5O3/c19-18(20,21)10-22-16(28)12-3-6-15(11(8-12)2-1-7-27)26-9-14(24-25-26)17(29)23-13-4-5-13/h3,6,8-9,13,27H,1-2,4-5,7,10H2,(H,22,28)(H,23,29). The van der Waals surface area contributed by atoms with E-state index in [0.29, 0.717) is 24.1 Å². The molecule has 2 aromatic rings. The van der Waals surface area contributed by atoms with Crippen molar-refractivity contribution in [2.24, 2.45) is 0 Å². The van der Waals surface area contributed by atoms with Gasteiger partial charge < -0.3 is 15.7 Å². The highest BCUT2D eigenvalue weighted by Crippen LogP contribution is 2.21. The number of alkyl halides is 3. The number of halogens is 3. The van der Waals surface area contributed by atoms with Gasteiger partial charge in [-0.3, -0.25) is 9.59 Å². The number of nitrogens with one attached hydrogen (secondary N) is 2. The van der Waals surface area contributed by atoms with Crippen LogP contribution in [0.3, 0.4) is 0 Å². The Balaban J connectivity index is 1.81. The maximum atomic E-state index is 12.3. The van der Waals surface area contributed by atoms with Crippen molar-refractivity contribution in [3.8, 4) is 5.69 Å². The van der Waals surface area contributed by atoms with Gasteiger partial charge in [-0.05, 0) is 49.4 Å². The number of hydrogen-bond donors (Lipinski definition) is 3. The Morgan fingerprint density at radius 2 is 2.00 bits per heavy atom.